The van der Waals surface area contributed by atoms with Crippen molar-refractivity contribution in [3.05, 3.63) is 45.3 Å². The molecule has 1 aromatic carbocycles. The van der Waals surface area contributed by atoms with Crippen LogP contribution in [0.4, 0.5) is 10.5 Å². The molecule has 1 unspecified atom stereocenters. The molecule has 3 aromatic rings. The molecule has 10 heteroatoms. The van der Waals surface area contributed by atoms with E-state index in [1.165, 1.54) is 15.8 Å². The minimum atomic E-state index is -0.698. The highest BCUT2D eigenvalue weighted by molar-refractivity contribution is 7.18. The lowest BCUT2D eigenvalue weighted by molar-refractivity contribution is -0.120. The molecule has 1 aliphatic carbocycles. The molecule has 1 aliphatic heterocycles. The molecule has 2 aromatic heterocycles. The predicted octanol–water partition coefficient (Wildman–Crippen LogP) is 2.70. The summed E-state index contributed by atoms with van der Waals surface area (Å²) in [6.07, 6.45) is 4.21. The van der Waals surface area contributed by atoms with Crippen LogP contribution in [-0.4, -0.2) is 34.7 Å². The third-order valence-electron chi connectivity index (χ3n) is 5.65. The topological polar surface area (TPSA) is 112 Å². The fraction of sp³-hybridized carbons (Fsp3) is 0.364. The van der Waals surface area contributed by atoms with Gasteiger partial charge in [-0.3, -0.25) is 19.5 Å². The Balaban J connectivity index is 1.27. The van der Waals surface area contributed by atoms with Gasteiger partial charge in [-0.2, -0.15) is 0 Å². The second-order valence-electron chi connectivity index (χ2n) is 8.07. The Labute approximate surface area is 187 Å². The molecule has 5 rings (SSSR count). The Hall–Kier alpha value is -3.40. The minimum Gasteiger partial charge on any atom is -0.486 e. The van der Waals surface area contributed by atoms with Gasteiger partial charge in [0.1, 0.15) is 24.6 Å². The van der Waals surface area contributed by atoms with Crippen molar-refractivity contribution in [3.63, 3.8) is 0 Å². The molecular weight excluding hydrogens is 432 g/mol. The first-order valence-corrected chi connectivity index (χ1v) is 11.3. The third kappa shape index (κ3) is 3.93. The minimum absolute atomic E-state index is 0.246. The second kappa shape index (κ2) is 8.27. The van der Waals surface area contributed by atoms with Crippen molar-refractivity contribution in [2.45, 2.75) is 32.7 Å². The number of carbonyl (C=O) groups is 2. The number of urea groups is 1. The highest BCUT2D eigenvalue weighted by Crippen LogP contribution is 2.35. The number of carbonyl (C=O) groups excluding carboxylic acids is 2. The van der Waals surface area contributed by atoms with E-state index >= 15 is 0 Å². The van der Waals surface area contributed by atoms with E-state index in [9.17, 15) is 14.4 Å². The van der Waals surface area contributed by atoms with Crippen molar-refractivity contribution in [2.24, 2.45) is 5.92 Å². The number of imide groups is 1. The van der Waals surface area contributed by atoms with E-state index in [0.717, 1.165) is 24.8 Å². The Morgan fingerprint density at radius 1 is 1.25 bits per heavy atom. The molecule has 0 saturated heterocycles. The van der Waals surface area contributed by atoms with Crippen LogP contribution in [0, 0.1) is 5.92 Å². The quantitative estimate of drug-likeness (QED) is 0.630. The van der Waals surface area contributed by atoms with Crippen molar-refractivity contribution < 1.29 is 19.1 Å². The van der Waals surface area contributed by atoms with E-state index < -0.39 is 11.9 Å². The number of nitrogens with one attached hydrogen (secondary N) is 2. The Bertz CT molecular complexity index is 1280. The highest BCUT2D eigenvalue weighted by atomic mass is 32.1. The van der Waals surface area contributed by atoms with E-state index in [1.54, 1.807) is 29.5 Å². The van der Waals surface area contributed by atoms with E-state index in [0.29, 0.717) is 46.5 Å². The number of fused-ring (bicyclic) bond motifs is 4. The molecule has 1 atom stereocenters. The molecule has 0 radical (unpaired) electrons. The van der Waals surface area contributed by atoms with Crippen LogP contribution in [0.5, 0.6) is 11.5 Å². The summed E-state index contributed by atoms with van der Waals surface area (Å²) < 4.78 is 12.2. The summed E-state index contributed by atoms with van der Waals surface area (Å²) in [4.78, 5) is 44.0. The number of amides is 3. The summed E-state index contributed by atoms with van der Waals surface area (Å²) in [5.41, 5.74) is 1.27. The van der Waals surface area contributed by atoms with E-state index in [-0.39, 0.29) is 12.1 Å². The largest absolute Gasteiger partial charge is 0.486 e. The summed E-state index contributed by atoms with van der Waals surface area (Å²) >= 11 is 1.56. The fourth-order valence-corrected chi connectivity index (χ4v) is 5.42. The molecule has 2 aliphatic rings. The van der Waals surface area contributed by atoms with Crippen LogP contribution in [0.2, 0.25) is 0 Å². The number of ether oxygens (including phenoxy) is 2. The van der Waals surface area contributed by atoms with Gasteiger partial charge in [0, 0.05) is 16.6 Å². The molecule has 32 heavy (non-hydrogen) atoms. The summed E-state index contributed by atoms with van der Waals surface area (Å²) in [7, 11) is 0. The van der Waals surface area contributed by atoms with Gasteiger partial charge in [-0.05, 0) is 42.9 Å². The van der Waals surface area contributed by atoms with Crippen LogP contribution in [0.1, 0.15) is 23.8 Å². The first-order valence-electron chi connectivity index (χ1n) is 10.5. The first-order chi connectivity index (χ1) is 15.5. The first kappa shape index (κ1) is 20.5. The van der Waals surface area contributed by atoms with Gasteiger partial charge in [-0.15, -0.1) is 11.3 Å². The summed E-state index contributed by atoms with van der Waals surface area (Å²) in [5.74, 6) is 1.11. The van der Waals surface area contributed by atoms with Gasteiger partial charge >= 0.3 is 6.03 Å². The van der Waals surface area contributed by atoms with Gasteiger partial charge in [-0.25, -0.2) is 9.78 Å². The molecule has 166 valence electrons. The van der Waals surface area contributed by atoms with Crippen LogP contribution >= 0.6 is 11.3 Å². The van der Waals surface area contributed by atoms with Crippen LogP contribution in [0.25, 0.3) is 10.2 Å². The average molecular weight is 455 g/mol. The zero-order chi connectivity index (χ0) is 22.2. The van der Waals surface area contributed by atoms with Crippen molar-refractivity contribution >= 4 is 39.2 Å². The number of rotatable bonds is 3. The highest BCUT2D eigenvalue weighted by Gasteiger charge is 2.23. The van der Waals surface area contributed by atoms with Crippen LogP contribution < -0.4 is 25.7 Å². The maximum atomic E-state index is 13.0. The van der Waals surface area contributed by atoms with E-state index in [2.05, 4.69) is 22.5 Å². The van der Waals surface area contributed by atoms with E-state index in [4.69, 9.17) is 9.47 Å². The van der Waals surface area contributed by atoms with Crippen molar-refractivity contribution in [3.8, 4) is 11.5 Å². The number of aromatic nitrogens is 2. The summed E-state index contributed by atoms with van der Waals surface area (Å²) in [6.45, 7) is 2.82. The number of hydrogen-bond acceptors (Lipinski definition) is 7. The SMILES string of the molecule is CC1CCc2c(sc3ncn(CC(=O)NC(=O)Nc4ccc5c(c4)OCCO5)c(=O)c23)C1. The number of thiophene rings is 1. The number of aryl methyl sites for hydroxylation is 1. The average Bonchev–Trinajstić information content (AvgIpc) is 3.13. The Kier molecular flexibility index (Phi) is 5.30. The van der Waals surface area contributed by atoms with Gasteiger partial charge in [0.25, 0.3) is 5.56 Å². The van der Waals surface area contributed by atoms with Crippen LogP contribution in [0.15, 0.2) is 29.3 Å². The zero-order valence-corrected chi connectivity index (χ0v) is 18.3. The maximum absolute atomic E-state index is 13.0. The molecule has 0 spiro atoms. The lowest BCUT2D eigenvalue weighted by atomic mass is 9.89. The molecule has 0 bridgehead atoms. The summed E-state index contributed by atoms with van der Waals surface area (Å²) in [6, 6.07) is 4.27. The lowest BCUT2D eigenvalue weighted by Crippen LogP contribution is -2.38. The van der Waals surface area contributed by atoms with Gasteiger partial charge in [0.05, 0.1) is 11.7 Å². The van der Waals surface area contributed by atoms with Crippen LogP contribution in [0.3, 0.4) is 0 Å². The third-order valence-corrected chi connectivity index (χ3v) is 6.81. The maximum Gasteiger partial charge on any atom is 0.325 e. The van der Waals surface area contributed by atoms with Crippen molar-refractivity contribution in [1.82, 2.24) is 14.9 Å². The van der Waals surface area contributed by atoms with Crippen molar-refractivity contribution in [2.75, 3.05) is 18.5 Å². The molecule has 2 N–H and O–H groups in total. The standard InChI is InChI=1S/C22H22N4O5S/c1-12-2-4-14-17(8-12)32-20-19(14)21(28)26(11-23-20)10-18(27)25-22(29)24-13-3-5-15-16(9-13)31-7-6-30-15/h3,5,9,11-12H,2,4,6-8,10H2,1H3,(H2,24,25,27,29). The monoisotopic (exact) mass is 454 g/mol. The van der Waals surface area contributed by atoms with Gasteiger partial charge in [0.15, 0.2) is 11.5 Å². The number of nitrogens with zero attached hydrogens (tertiary/aromatic N) is 2. The van der Waals surface area contributed by atoms with Crippen LogP contribution in [-0.2, 0) is 24.2 Å². The fourth-order valence-electron chi connectivity index (χ4n) is 4.08. The zero-order valence-electron chi connectivity index (χ0n) is 17.5. The molecule has 0 fully saturated rings. The Morgan fingerprint density at radius 2 is 2.06 bits per heavy atom. The van der Waals surface area contributed by atoms with Gasteiger partial charge < -0.3 is 14.8 Å². The smallest absolute Gasteiger partial charge is 0.325 e. The lowest BCUT2D eigenvalue weighted by Gasteiger charge is -2.19. The van der Waals surface area contributed by atoms with Crippen molar-refractivity contribution in [1.29, 1.82) is 0 Å². The number of hydrogen-bond donors (Lipinski definition) is 2. The predicted molar refractivity (Wildman–Crippen MR) is 120 cm³/mol. The normalized spacial score (nSPS) is 17.0. The number of benzene rings is 1. The molecule has 0 saturated carbocycles. The molecular formula is C22H22N4O5S. The second-order valence-corrected chi connectivity index (χ2v) is 9.15. The van der Waals surface area contributed by atoms with Gasteiger partial charge in [0.2, 0.25) is 5.91 Å². The molecule has 3 amide bonds. The van der Waals surface area contributed by atoms with Gasteiger partial charge in [-0.1, -0.05) is 6.92 Å². The number of anilines is 1. The summed E-state index contributed by atoms with van der Waals surface area (Å²) in [5, 5.41) is 5.44. The molecule has 9 nitrogen and oxygen atoms in total. The molecule has 3 heterocycles. The van der Waals surface area contributed by atoms with E-state index in [1.807, 2.05) is 0 Å². The Morgan fingerprint density at radius 3 is 2.91 bits per heavy atom.